The van der Waals surface area contributed by atoms with Crippen LogP contribution in [0.25, 0.3) is 0 Å². The molecule has 0 spiro atoms. The Labute approximate surface area is 107 Å². The van der Waals surface area contributed by atoms with Crippen LogP contribution >= 0.6 is 0 Å². The topological polar surface area (TPSA) is 69.7 Å². The molecule has 0 atom stereocenters. The van der Waals surface area contributed by atoms with Crippen LogP contribution in [0.4, 0.5) is 0 Å². The predicted molar refractivity (Wildman–Crippen MR) is 65.8 cm³/mol. The lowest BCUT2D eigenvalue weighted by Crippen LogP contribution is -2.35. The highest BCUT2D eigenvalue weighted by Gasteiger charge is 2.30. The van der Waals surface area contributed by atoms with Gasteiger partial charge < -0.3 is 9.47 Å². The maximum absolute atomic E-state index is 11.7. The molecule has 5 heteroatoms. The van der Waals surface area contributed by atoms with Crippen molar-refractivity contribution in [1.82, 2.24) is 0 Å². The van der Waals surface area contributed by atoms with Crippen molar-refractivity contribution in [3.63, 3.8) is 0 Å². The molecular weight excluding hydrogens is 236 g/mol. The van der Waals surface area contributed by atoms with Crippen molar-refractivity contribution < 1.29 is 23.9 Å². The first-order valence-corrected chi connectivity index (χ1v) is 5.60. The molecule has 18 heavy (non-hydrogen) atoms. The Bertz CT molecular complexity index is 341. The summed E-state index contributed by atoms with van der Waals surface area (Å²) in [5, 5.41) is 0. The minimum absolute atomic E-state index is 0.0667. The van der Waals surface area contributed by atoms with Gasteiger partial charge in [0.1, 0.15) is 11.2 Å². The molecule has 0 aromatic rings. The summed E-state index contributed by atoms with van der Waals surface area (Å²) in [7, 11) is 0. The van der Waals surface area contributed by atoms with E-state index in [1.807, 2.05) is 0 Å². The van der Waals surface area contributed by atoms with Gasteiger partial charge >= 0.3 is 5.97 Å². The van der Waals surface area contributed by atoms with Crippen LogP contribution in [0.15, 0.2) is 12.7 Å². The van der Waals surface area contributed by atoms with E-state index in [0.29, 0.717) is 6.47 Å². The lowest BCUT2D eigenvalue weighted by molar-refractivity contribution is -0.164. The zero-order valence-electron chi connectivity index (χ0n) is 11.3. The predicted octanol–water partition coefficient (Wildman–Crippen LogP) is 1.80. The number of esters is 1. The van der Waals surface area contributed by atoms with Crippen LogP contribution in [-0.4, -0.2) is 29.4 Å². The zero-order chi connectivity index (χ0) is 14.4. The van der Waals surface area contributed by atoms with E-state index in [-0.39, 0.29) is 18.6 Å². The van der Waals surface area contributed by atoms with Crippen LogP contribution in [0.5, 0.6) is 0 Å². The number of ketones is 1. The van der Waals surface area contributed by atoms with Crippen LogP contribution in [0.3, 0.4) is 0 Å². The smallest absolute Gasteiger partial charge is 0.310 e. The summed E-state index contributed by atoms with van der Waals surface area (Å²) < 4.78 is 9.94. The number of carbonyl (C=O) groups is 3. The van der Waals surface area contributed by atoms with Crippen molar-refractivity contribution in [3.05, 3.63) is 12.7 Å². The monoisotopic (exact) mass is 256 g/mol. The summed E-state index contributed by atoms with van der Waals surface area (Å²) in [6.45, 7) is 10.1. The first-order chi connectivity index (χ1) is 8.12. The first kappa shape index (κ1) is 16.4. The molecule has 0 unspecified atom stereocenters. The molecule has 0 amide bonds. The Balaban J connectivity index is 4.42. The molecule has 0 bridgehead atoms. The lowest BCUT2D eigenvalue weighted by Gasteiger charge is -2.27. The number of carbonyl (C=O) groups excluding carboxylic acids is 3. The molecule has 0 N–H and O–H groups in total. The molecular formula is C13H20O5. The van der Waals surface area contributed by atoms with Crippen LogP contribution in [0.2, 0.25) is 0 Å². The Morgan fingerprint density at radius 3 is 2.11 bits per heavy atom. The van der Waals surface area contributed by atoms with E-state index < -0.39 is 17.2 Å². The fraction of sp³-hybridized carbons (Fsp3) is 0.615. The number of hydrogen-bond acceptors (Lipinski definition) is 5. The molecule has 0 fully saturated rings. The van der Waals surface area contributed by atoms with Gasteiger partial charge in [0.2, 0.25) is 0 Å². The molecule has 0 rings (SSSR count). The van der Waals surface area contributed by atoms with Gasteiger partial charge in [-0.25, -0.2) is 0 Å². The van der Waals surface area contributed by atoms with Gasteiger partial charge in [-0.15, -0.1) is 0 Å². The highest BCUT2D eigenvalue weighted by atomic mass is 16.6. The maximum Gasteiger partial charge on any atom is 0.310 e. The fourth-order valence-corrected chi connectivity index (χ4v) is 1.39. The quantitative estimate of drug-likeness (QED) is 0.376. The summed E-state index contributed by atoms with van der Waals surface area (Å²) in [6.07, 6.45) is 1.18. The Morgan fingerprint density at radius 2 is 1.67 bits per heavy atom. The van der Waals surface area contributed by atoms with E-state index in [4.69, 9.17) is 9.47 Å². The fourth-order valence-electron chi connectivity index (χ4n) is 1.39. The van der Waals surface area contributed by atoms with Gasteiger partial charge in [-0.1, -0.05) is 6.58 Å². The summed E-state index contributed by atoms with van der Waals surface area (Å²) in [6, 6.07) is 0. The largest absolute Gasteiger partial charge is 0.461 e. The third-order valence-electron chi connectivity index (χ3n) is 2.15. The molecule has 0 saturated carbocycles. The molecule has 102 valence electrons. The number of rotatable bonds is 8. The highest BCUT2D eigenvalue weighted by molar-refractivity contribution is 5.90. The van der Waals surface area contributed by atoms with E-state index >= 15 is 0 Å². The molecule has 0 aromatic carbocycles. The minimum Gasteiger partial charge on any atom is -0.461 e. The van der Waals surface area contributed by atoms with Crippen molar-refractivity contribution in [1.29, 1.82) is 0 Å². The van der Waals surface area contributed by atoms with Crippen molar-refractivity contribution >= 4 is 18.2 Å². The number of hydrogen-bond donors (Lipinski definition) is 0. The first-order valence-electron chi connectivity index (χ1n) is 5.60. The van der Waals surface area contributed by atoms with Crippen LogP contribution in [0.1, 0.15) is 40.5 Å². The summed E-state index contributed by atoms with van der Waals surface area (Å²) in [4.78, 5) is 33.1. The van der Waals surface area contributed by atoms with Crippen molar-refractivity contribution in [2.24, 2.45) is 0 Å². The van der Waals surface area contributed by atoms with E-state index in [0.717, 1.165) is 0 Å². The van der Waals surface area contributed by atoms with E-state index in [1.54, 1.807) is 27.7 Å². The molecule has 0 aromatic heterocycles. The Kier molecular flexibility index (Phi) is 5.75. The van der Waals surface area contributed by atoms with Crippen LogP contribution in [-0.2, 0) is 23.9 Å². The average molecular weight is 256 g/mol. The van der Waals surface area contributed by atoms with Gasteiger partial charge in [0, 0.05) is 6.42 Å². The van der Waals surface area contributed by atoms with Gasteiger partial charge in [-0.3, -0.25) is 14.4 Å². The Morgan fingerprint density at radius 1 is 1.11 bits per heavy atom. The molecule has 0 aliphatic heterocycles. The van der Waals surface area contributed by atoms with Gasteiger partial charge in [-0.2, -0.15) is 0 Å². The normalized spacial score (nSPS) is 11.6. The lowest BCUT2D eigenvalue weighted by atomic mass is 10.0. The van der Waals surface area contributed by atoms with Crippen LogP contribution < -0.4 is 0 Å². The van der Waals surface area contributed by atoms with E-state index in [9.17, 15) is 14.4 Å². The van der Waals surface area contributed by atoms with Gasteiger partial charge in [-0.05, 0) is 33.8 Å². The summed E-state index contributed by atoms with van der Waals surface area (Å²) >= 11 is 0. The van der Waals surface area contributed by atoms with E-state index in [1.165, 1.54) is 6.08 Å². The number of allylic oxidation sites excluding steroid dienone is 1. The van der Waals surface area contributed by atoms with Gasteiger partial charge in [0.15, 0.2) is 5.78 Å². The Hall–Kier alpha value is -1.65. The highest BCUT2D eigenvalue weighted by Crippen LogP contribution is 2.20. The second-order valence-electron chi connectivity index (χ2n) is 5.23. The van der Waals surface area contributed by atoms with Gasteiger partial charge in [0.25, 0.3) is 6.47 Å². The van der Waals surface area contributed by atoms with Gasteiger partial charge in [0.05, 0.1) is 6.42 Å². The molecule has 0 radical (unpaired) electrons. The summed E-state index contributed by atoms with van der Waals surface area (Å²) in [5.41, 5.74) is -1.82. The maximum atomic E-state index is 11.7. The SMILES string of the molecule is C=CC(=O)CC(C)(C)OC(=O)CC(C)(C)OC=O. The zero-order valence-corrected chi connectivity index (χ0v) is 11.3. The second kappa shape index (κ2) is 6.33. The molecule has 0 heterocycles. The van der Waals surface area contributed by atoms with Crippen molar-refractivity contribution in [2.45, 2.75) is 51.7 Å². The average Bonchev–Trinajstić information content (AvgIpc) is 2.13. The molecule has 0 saturated heterocycles. The molecule has 0 aliphatic carbocycles. The molecule has 0 aliphatic rings. The summed E-state index contributed by atoms with van der Waals surface area (Å²) in [5.74, 6) is -0.722. The third-order valence-corrected chi connectivity index (χ3v) is 2.15. The standard InChI is InChI=1S/C13H20O5/c1-6-10(15)7-13(4,5)18-11(16)8-12(2,3)17-9-14/h6,9H,1,7-8H2,2-5H3. The minimum atomic E-state index is -0.919. The van der Waals surface area contributed by atoms with E-state index in [2.05, 4.69) is 6.58 Å². The second-order valence-corrected chi connectivity index (χ2v) is 5.23. The third kappa shape index (κ3) is 6.83. The van der Waals surface area contributed by atoms with Crippen molar-refractivity contribution in [3.8, 4) is 0 Å². The number of ether oxygens (including phenoxy) is 2. The van der Waals surface area contributed by atoms with Crippen LogP contribution in [0, 0.1) is 0 Å². The molecule has 5 nitrogen and oxygen atoms in total. The van der Waals surface area contributed by atoms with Crippen molar-refractivity contribution in [2.75, 3.05) is 0 Å².